The summed E-state index contributed by atoms with van der Waals surface area (Å²) < 4.78 is 0. The zero-order valence-electron chi connectivity index (χ0n) is 12.1. The summed E-state index contributed by atoms with van der Waals surface area (Å²) in [5.41, 5.74) is 0.528. The third kappa shape index (κ3) is 3.61. The van der Waals surface area contributed by atoms with Gasteiger partial charge in [0.1, 0.15) is 5.54 Å². The van der Waals surface area contributed by atoms with Crippen LogP contribution < -0.4 is 5.32 Å². The van der Waals surface area contributed by atoms with Crippen molar-refractivity contribution in [2.75, 3.05) is 0 Å². The van der Waals surface area contributed by atoms with Gasteiger partial charge in [-0.25, -0.2) is 0 Å². The fraction of sp³-hybridized carbons (Fsp3) is 0.471. The Morgan fingerprint density at radius 1 is 1.26 bits per heavy atom. The molecule has 0 saturated heterocycles. The quantitative estimate of drug-likeness (QED) is 0.777. The molecule has 102 valence electrons. The highest BCUT2D eigenvalue weighted by Crippen LogP contribution is 2.22. The first-order chi connectivity index (χ1) is 9.12. The molecule has 2 heteroatoms. The van der Waals surface area contributed by atoms with Gasteiger partial charge in [0.25, 0.3) is 0 Å². The molecule has 0 aliphatic carbocycles. The Hall–Kier alpha value is -1.75. The fourth-order valence-corrected chi connectivity index (χ4v) is 2.25. The lowest BCUT2D eigenvalue weighted by Crippen LogP contribution is -2.48. The Labute approximate surface area is 116 Å². The van der Waals surface area contributed by atoms with Crippen LogP contribution in [0, 0.1) is 12.3 Å². The van der Waals surface area contributed by atoms with Gasteiger partial charge in [-0.1, -0.05) is 57.0 Å². The van der Waals surface area contributed by atoms with Crippen molar-refractivity contribution in [1.29, 1.82) is 0 Å². The number of hydrogen-bond acceptors (Lipinski definition) is 1. The number of hydrogen-bond donors (Lipinski definition) is 1. The van der Waals surface area contributed by atoms with Gasteiger partial charge < -0.3 is 5.32 Å². The fourth-order valence-electron chi connectivity index (χ4n) is 2.25. The molecule has 1 unspecified atom stereocenters. The van der Waals surface area contributed by atoms with E-state index in [1.165, 1.54) is 0 Å². The summed E-state index contributed by atoms with van der Waals surface area (Å²) in [7, 11) is 0. The van der Waals surface area contributed by atoms with Crippen LogP contribution in [-0.4, -0.2) is 11.4 Å². The van der Waals surface area contributed by atoms with Crippen molar-refractivity contribution in [2.45, 2.75) is 51.5 Å². The van der Waals surface area contributed by atoms with Crippen molar-refractivity contribution in [1.82, 2.24) is 5.32 Å². The van der Waals surface area contributed by atoms with Crippen molar-refractivity contribution < 1.29 is 4.79 Å². The van der Waals surface area contributed by atoms with Gasteiger partial charge in [-0.05, 0) is 24.8 Å². The molecule has 1 aromatic carbocycles. The van der Waals surface area contributed by atoms with Crippen LogP contribution in [0.25, 0.3) is 0 Å². The lowest BCUT2D eigenvalue weighted by atomic mass is 9.90. The first-order valence-corrected chi connectivity index (χ1v) is 6.97. The van der Waals surface area contributed by atoms with E-state index in [4.69, 9.17) is 6.42 Å². The van der Waals surface area contributed by atoms with Crippen molar-refractivity contribution in [2.24, 2.45) is 0 Å². The Morgan fingerprint density at radius 3 is 2.26 bits per heavy atom. The van der Waals surface area contributed by atoms with Crippen molar-refractivity contribution in [3.8, 4) is 12.3 Å². The highest BCUT2D eigenvalue weighted by Gasteiger charge is 2.29. The largest absolute Gasteiger partial charge is 0.339 e. The van der Waals surface area contributed by atoms with Gasteiger partial charge in [0.05, 0.1) is 5.92 Å². The van der Waals surface area contributed by atoms with Crippen LogP contribution in [-0.2, 0) is 4.79 Å². The number of benzene rings is 1. The summed E-state index contributed by atoms with van der Waals surface area (Å²) >= 11 is 0. The minimum absolute atomic E-state index is 0.0235. The van der Waals surface area contributed by atoms with Crippen LogP contribution in [0.1, 0.15) is 51.5 Å². The molecule has 0 spiro atoms. The molecule has 0 radical (unpaired) electrons. The predicted molar refractivity (Wildman–Crippen MR) is 79.8 cm³/mol. The van der Waals surface area contributed by atoms with Crippen LogP contribution in [0.15, 0.2) is 30.3 Å². The zero-order valence-corrected chi connectivity index (χ0v) is 12.1. The van der Waals surface area contributed by atoms with Gasteiger partial charge in [0.2, 0.25) is 5.91 Å². The number of nitrogens with one attached hydrogen (secondary N) is 1. The molecule has 1 aromatic rings. The number of carbonyl (C=O) groups excluding carboxylic acids is 1. The maximum Gasteiger partial charge on any atom is 0.228 e. The molecule has 0 heterocycles. The van der Waals surface area contributed by atoms with Crippen LogP contribution in [0.4, 0.5) is 0 Å². The third-order valence-electron chi connectivity index (χ3n) is 3.77. The van der Waals surface area contributed by atoms with Gasteiger partial charge >= 0.3 is 0 Å². The van der Waals surface area contributed by atoms with Gasteiger partial charge in [-0.2, -0.15) is 0 Å². The van der Waals surface area contributed by atoms with Crippen LogP contribution >= 0.6 is 0 Å². The molecule has 1 rings (SSSR count). The molecule has 19 heavy (non-hydrogen) atoms. The van der Waals surface area contributed by atoms with Crippen LogP contribution in [0.3, 0.4) is 0 Å². The summed E-state index contributed by atoms with van der Waals surface area (Å²) in [6.45, 7) is 6.03. The van der Waals surface area contributed by atoms with Crippen molar-refractivity contribution in [3.63, 3.8) is 0 Å². The molecule has 0 fully saturated rings. The van der Waals surface area contributed by atoms with E-state index in [9.17, 15) is 4.79 Å². The van der Waals surface area contributed by atoms with E-state index in [0.29, 0.717) is 0 Å². The molecule has 0 aromatic heterocycles. The SMILES string of the molecule is C#CC(CC)(CC)NC(=O)C(CC)c1ccccc1. The number of carbonyl (C=O) groups is 1. The molecule has 1 atom stereocenters. The van der Waals surface area contributed by atoms with E-state index in [-0.39, 0.29) is 11.8 Å². The van der Waals surface area contributed by atoms with E-state index in [1.54, 1.807) is 0 Å². The Bertz CT molecular complexity index is 440. The van der Waals surface area contributed by atoms with Crippen molar-refractivity contribution >= 4 is 5.91 Å². The van der Waals surface area contributed by atoms with Crippen molar-refractivity contribution in [3.05, 3.63) is 35.9 Å². The first-order valence-electron chi connectivity index (χ1n) is 6.97. The molecule has 2 nitrogen and oxygen atoms in total. The minimum Gasteiger partial charge on any atom is -0.339 e. The van der Waals surface area contributed by atoms with Gasteiger partial charge in [-0.3, -0.25) is 4.79 Å². The Kier molecular flexibility index (Phi) is 5.63. The maximum atomic E-state index is 12.5. The van der Waals surface area contributed by atoms with Crippen LogP contribution in [0.5, 0.6) is 0 Å². The average molecular weight is 257 g/mol. The second kappa shape index (κ2) is 6.99. The molecule has 1 N–H and O–H groups in total. The minimum atomic E-state index is -0.515. The molecular weight excluding hydrogens is 234 g/mol. The molecule has 0 aliphatic rings. The number of rotatable bonds is 6. The summed E-state index contributed by atoms with van der Waals surface area (Å²) in [6.07, 6.45) is 7.85. The lowest BCUT2D eigenvalue weighted by molar-refractivity contribution is -0.124. The Balaban J connectivity index is 2.90. The van der Waals surface area contributed by atoms with E-state index in [1.807, 2.05) is 51.1 Å². The molecule has 1 amide bonds. The topological polar surface area (TPSA) is 29.1 Å². The molecule has 0 saturated carbocycles. The smallest absolute Gasteiger partial charge is 0.228 e. The number of amides is 1. The highest BCUT2D eigenvalue weighted by molar-refractivity contribution is 5.84. The Morgan fingerprint density at radius 2 is 1.84 bits per heavy atom. The average Bonchev–Trinajstić information content (AvgIpc) is 2.47. The van der Waals surface area contributed by atoms with Crippen LogP contribution in [0.2, 0.25) is 0 Å². The normalized spacial score (nSPS) is 12.5. The van der Waals surface area contributed by atoms with E-state index in [0.717, 1.165) is 24.8 Å². The van der Waals surface area contributed by atoms with E-state index in [2.05, 4.69) is 11.2 Å². The number of terminal acetylenes is 1. The van der Waals surface area contributed by atoms with Gasteiger partial charge in [0.15, 0.2) is 0 Å². The highest BCUT2D eigenvalue weighted by atomic mass is 16.2. The second-order valence-electron chi connectivity index (χ2n) is 4.79. The monoisotopic (exact) mass is 257 g/mol. The maximum absolute atomic E-state index is 12.5. The second-order valence-corrected chi connectivity index (χ2v) is 4.79. The molecular formula is C17H23NO. The summed E-state index contributed by atoms with van der Waals surface area (Å²) in [4.78, 5) is 12.5. The standard InChI is InChI=1S/C17H23NO/c1-5-15(14-12-10-9-11-13-14)16(19)18-17(6-2,7-3)8-4/h2,9-13,15H,5,7-8H2,1,3-4H3,(H,18,19). The van der Waals surface area contributed by atoms with E-state index < -0.39 is 5.54 Å². The first kappa shape index (κ1) is 15.3. The van der Waals surface area contributed by atoms with Gasteiger partial charge in [-0.15, -0.1) is 6.42 Å². The van der Waals surface area contributed by atoms with Gasteiger partial charge in [0, 0.05) is 0 Å². The van der Waals surface area contributed by atoms with E-state index >= 15 is 0 Å². The molecule has 0 aliphatic heterocycles. The summed E-state index contributed by atoms with van der Waals surface area (Å²) in [6, 6.07) is 9.85. The zero-order chi connectivity index (χ0) is 14.3. The third-order valence-corrected chi connectivity index (χ3v) is 3.77. The predicted octanol–water partition coefficient (Wildman–Crippen LogP) is 3.49. The molecule has 0 bridgehead atoms. The summed E-state index contributed by atoms with van der Waals surface area (Å²) in [5, 5.41) is 3.05. The summed E-state index contributed by atoms with van der Waals surface area (Å²) in [5.74, 6) is 2.64. The lowest BCUT2D eigenvalue weighted by Gasteiger charge is -2.29.